The number of urea groups is 2. The summed E-state index contributed by atoms with van der Waals surface area (Å²) in [6.07, 6.45) is -10.9. The maximum atomic E-state index is 11.6. The highest BCUT2D eigenvalue weighted by atomic mass is 19.4. The Morgan fingerprint density at radius 3 is 1.05 bits per heavy atom. The van der Waals surface area contributed by atoms with Crippen molar-refractivity contribution in [1.29, 1.82) is 0 Å². The molecular formula is C6H3F6N3O4. The van der Waals surface area contributed by atoms with Crippen LogP contribution in [0, 0.1) is 0 Å². The van der Waals surface area contributed by atoms with Crippen LogP contribution in [0.25, 0.3) is 0 Å². The minimum Gasteiger partial charge on any atom is -0.270 e. The summed E-state index contributed by atoms with van der Waals surface area (Å²) in [7, 11) is 0. The van der Waals surface area contributed by atoms with Crippen LogP contribution in [0.4, 0.5) is 35.9 Å². The van der Waals surface area contributed by atoms with E-state index in [0.29, 0.717) is 10.6 Å². The van der Waals surface area contributed by atoms with Gasteiger partial charge in [0.25, 0.3) is 0 Å². The van der Waals surface area contributed by atoms with Gasteiger partial charge in [0, 0.05) is 0 Å². The molecule has 6 amide bonds. The van der Waals surface area contributed by atoms with Gasteiger partial charge >= 0.3 is 36.2 Å². The molecule has 7 nitrogen and oxygen atoms in total. The summed E-state index contributed by atoms with van der Waals surface area (Å²) < 4.78 is 69.7. The van der Waals surface area contributed by atoms with Crippen molar-refractivity contribution in [2.45, 2.75) is 12.4 Å². The van der Waals surface area contributed by atoms with Gasteiger partial charge in [0.2, 0.25) is 0 Å². The van der Waals surface area contributed by atoms with Crippen molar-refractivity contribution in [2.75, 3.05) is 0 Å². The molecule has 13 heteroatoms. The molecule has 0 aliphatic heterocycles. The molecule has 0 saturated carbocycles. The molecule has 0 saturated heterocycles. The zero-order chi connectivity index (χ0) is 15.4. The molecule has 0 aromatic carbocycles. The topological polar surface area (TPSA) is 104 Å². The van der Waals surface area contributed by atoms with Crippen LogP contribution in [-0.4, -0.2) is 36.2 Å². The zero-order valence-electron chi connectivity index (χ0n) is 8.40. The summed E-state index contributed by atoms with van der Waals surface area (Å²) in [5.74, 6) is -5.50. The van der Waals surface area contributed by atoms with Gasteiger partial charge in [-0.3, -0.25) is 25.5 Å². The smallest absolute Gasteiger partial charge is 0.270 e. The van der Waals surface area contributed by atoms with Crippen LogP contribution in [0.2, 0.25) is 0 Å². The Morgan fingerprint density at radius 2 is 0.842 bits per heavy atom. The molecule has 0 rings (SSSR count). The van der Waals surface area contributed by atoms with Crippen LogP contribution in [0.3, 0.4) is 0 Å². The van der Waals surface area contributed by atoms with Gasteiger partial charge in [0.1, 0.15) is 0 Å². The summed E-state index contributed by atoms with van der Waals surface area (Å²) in [5, 5.41) is 2.03. The molecule has 0 fully saturated rings. The van der Waals surface area contributed by atoms with Crippen molar-refractivity contribution in [2.24, 2.45) is 0 Å². The highest BCUT2D eigenvalue weighted by Gasteiger charge is 2.41. The minimum absolute atomic E-state index is 0.595. The number of imide groups is 3. The number of hydrogen-bond acceptors (Lipinski definition) is 4. The first kappa shape index (κ1) is 16.7. The normalized spacial score (nSPS) is 11.5. The molecule has 0 aliphatic rings. The summed E-state index contributed by atoms with van der Waals surface area (Å²) >= 11 is 0. The standard InChI is InChI=1S/C6H3F6N3O4/c7-5(8,9)1(16)13-3(18)15-4(19)14-2(17)6(10,11)12/h(H3,13,14,15,16,17,18,19). The van der Waals surface area contributed by atoms with E-state index in [9.17, 15) is 45.5 Å². The lowest BCUT2D eigenvalue weighted by molar-refractivity contribution is -0.172. The third kappa shape index (κ3) is 6.23. The fourth-order valence-electron chi connectivity index (χ4n) is 0.514. The Balaban J connectivity index is 4.33. The lowest BCUT2D eigenvalue weighted by Gasteiger charge is -2.09. The molecule has 108 valence electrons. The summed E-state index contributed by atoms with van der Waals surface area (Å²) in [6, 6.07) is -4.12. The lowest BCUT2D eigenvalue weighted by atomic mass is 10.6. The third-order valence-corrected chi connectivity index (χ3v) is 1.20. The Morgan fingerprint density at radius 1 is 0.579 bits per heavy atom. The molecule has 3 N–H and O–H groups in total. The molecule has 19 heavy (non-hydrogen) atoms. The molecule has 0 heterocycles. The van der Waals surface area contributed by atoms with Gasteiger partial charge in [-0.2, -0.15) is 26.3 Å². The predicted molar refractivity (Wildman–Crippen MR) is 42.3 cm³/mol. The quantitative estimate of drug-likeness (QED) is 0.554. The van der Waals surface area contributed by atoms with Gasteiger partial charge in [0.15, 0.2) is 0 Å². The van der Waals surface area contributed by atoms with Crippen LogP contribution in [-0.2, 0) is 9.59 Å². The first-order valence-corrected chi connectivity index (χ1v) is 3.95. The largest absolute Gasteiger partial charge is 0.471 e. The first-order valence-electron chi connectivity index (χ1n) is 3.95. The molecule has 0 aromatic heterocycles. The predicted octanol–water partition coefficient (Wildman–Crippen LogP) is 0.173. The molecule has 0 bridgehead atoms. The summed E-state index contributed by atoms with van der Waals surface area (Å²) in [5.41, 5.74) is 0. The number of nitrogens with one attached hydrogen (secondary N) is 3. The maximum Gasteiger partial charge on any atom is 0.471 e. The highest BCUT2D eigenvalue weighted by molar-refractivity contribution is 6.07. The average molecular weight is 295 g/mol. The average Bonchev–Trinajstić information content (AvgIpc) is 2.13. The van der Waals surface area contributed by atoms with E-state index in [1.807, 2.05) is 0 Å². The van der Waals surface area contributed by atoms with E-state index in [2.05, 4.69) is 0 Å². The van der Waals surface area contributed by atoms with Crippen molar-refractivity contribution in [3.8, 4) is 0 Å². The van der Waals surface area contributed by atoms with Crippen molar-refractivity contribution >= 4 is 23.9 Å². The maximum absolute atomic E-state index is 11.6. The van der Waals surface area contributed by atoms with E-state index in [-0.39, 0.29) is 0 Å². The number of rotatable bonds is 0. The summed E-state index contributed by atoms with van der Waals surface area (Å²) in [6.45, 7) is 0. The van der Waals surface area contributed by atoms with Crippen LogP contribution < -0.4 is 16.0 Å². The van der Waals surface area contributed by atoms with Crippen LogP contribution in [0.15, 0.2) is 0 Å². The van der Waals surface area contributed by atoms with Crippen molar-refractivity contribution < 1.29 is 45.5 Å². The third-order valence-electron chi connectivity index (χ3n) is 1.20. The van der Waals surface area contributed by atoms with Crippen LogP contribution >= 0.6 is 0 Å². The van der Waals surface area contributed by atoms with Crippen LogP contribution in [0.1, 0.15) is 0 Å². The van der Waals surface area contributed by atoms with Gasteiger partial charge in [-0.25, -0.2) is 9.59 Å². The fraction of sp³-hybridized carbons (Fsp3) is 0.333. The second kappa shape index (κ2) is 5.53. The minimum atomic E-state index is -5.43. The molecule has 0 atom stereocenters. The van der Waals surface area contributed by atoms with E-state index < -0.39 is 36.2 Å². The van der Waals surface area contributed by atoms with E-state index in [1.54, 1.807) is 0 Å². The molecular weight excluding hydrogens is 292 g/mol. The van der Waals surface area contributed by atoms with E-state index in [4.69, 9.17) is 0 Å². The number of carbonyl (C=O) groups excluding carboxylic acids is 4. The molecule has 0 aliphatic carbocycles. The van der Waals surface area contributed by atoms with Crippen molar-refractivity contribution in [3.63, 3.8) is 0 Å². The van der Waals surface area contributed by atoms with Gasteiger partial charge in [-0.05, 0) is 0 Å². The van der Waals surface area contributed by atoms with Gasteiger partial charge < -0.3 is 0 Å². The van der Waals surface area contributed by atoms with E-state index in [1.165, 1.54) is 0 Å². The molecule has 0 unspecified atom stereocenters. The second-order valence-corrected chi connectivity index (χ2v) is 2.69. The number of carbonyl (C=O) groups is 4. The number of amides is 6. The van der Waals surface area contributed by atoms with Gasteiger partial charge in [0.05, 0.1) is 0 Å². The highest BCUT2D eigenvalue weighted by Crippen LogP contribution is 2.14. The number of halogens is 6. The Kier molecular flexibility index (Phi) is 4.85. The fourth-order valence-corrected chi connectivity index (χ4v) is 0.514. The number of alkyl halides is 6. The van der Waals surface area contributed by atoms with Crippen molar-refractivity contribution in [1.82, 2.24) is 16.0 Å². The van der Waals surface area contributed by atoms with Gasteiger partial charge in [-0.1, -0.05) is 0 Å². The van der Waals surface area contributed by atoms with E-state index in [0.717, 1.165) is 5.32 Å². The Bertz CT molecular complexity index is 376. The molecule has 0 spiro atoms. The zero-order valence-corrected chi connectivity index (χ0v) is 8.40. The first-order chi connectivity index (χ1) is 8.34. The molecule has 0 aromatic rings. The monoisotopic (exact) mass is 295 g/mol. The second-order valence-electron chi connectivity index (χ2n) is 2.69. The van der Waals surface area contributed by atoms with E-state index >= 15 is 0 Å². The van der Waals surface area contributed by atoms with Gasteiger partial charge in [-0.15, -0.1) is 0 Å². The Labute approximate surface area is 98.9 Å². The lowest BCUT2D eigenvalue weighted by Crippen LogP contribution is -2.52. The SMILES string of the molecule is O=C(NC(=O)NC(=O)C(F)(F)F)NC(=O)C(F)(F)F. The Hall–Kier alpha value is -2.34. The number of hydrogen-bond donors (Lipinski definition) is 3. The van der Waals surface area contributed by atoms with Crippen LogP contribution in [0.5, 0.6) is 0 Å². The summed E-state index contributed by atoms with van der Waals surface area (Å²) in [4.78, 5) is 41.4. The van der Waals surface area contributed by atoms with Crippen molar-refractivity contribution in [3.05, 3.63) is 0 Å². The molecule has 0 radical (unpaired) electrons.